The molecule has 1 saturated heterocycles. The van der Waals surface area contributed by atoms with Gasteiger partial charge in [-0.1, -0.05) is 29.8 Å². The number of rotatable bonds is 5. The maximum Gasteiger partial charge on any atom is 0.170 e. The molecule has 4 aromatic rings. The molecule has 3 aromatic carbocycles. The predicted molar refractivity (Wildman–Crippen MR) is 128 cm³/mol. The number of fused-ring (bicyclic) bond motifs is 1. The van der Waals surface area contributed by atoms with Crippen LogP contribution < -0.4 is 5.32 Å². The van der Waals surface area contributed by atoms with Crippen LogP contribution >= 0.6 is 11.6 Å². The van der Waals surface area contributed by atoms with E-state index in [1.54, 1.807) is 12.3 Å². The molecule has 0 bridgehead atoms. The highest BCUT2D eigenvalue weighted by molar-refractivity contribution is 6.32. The largest absolute Gasteiger partial charge is 0.504 e. The minimum Gasteiger partial charge on any atom is -0.504 e. The van der Waals surface area contributed by atoms with E-state index >= 15 is 0 Å². The van der Waals surface area contributed by atoms with Crippen LogP contribution in [0.25, 0.3) is 22.0 Å². The average molecular weight is 448 g/mol. The van der Waals surface area contributed by atoms with Crippen LogP contribution in [0.2, 0.25) is 5.02 Å². The summed E-state index contributed by atoms with van der Waals surface area (Å²) < 4.78 is 14.0. The van der Waals surface area contributed by atoms with E-state index in [1.807, 2.05) is 24.3 Å². The molecule has 0 atom stereocenters. The topological polar surface area (TPSA) is 48.4 Å². The third kappa shape index (κ3) is 4.27. The fraction of sp³-hybridized carbons (Fsp3) is 0.192. The van der Waals surface area contributed by atoms with Gasteiger partial charge in [0.2, 0.25) is 0 Å². The number of anilines is 2. The Kier molecular flexibility index (Phi) is 5.68. The Balaban J connectivity index is 1.43. The number of aromatic hydroxyl groups is 1. The highest BCUT2D eigenvalue weighted by atomic mass is 35.5. The maximum atomic E-state index is 14.0. The van der Waals surface area contributed by atoms with E-state index in [-0.39, 0.29) is 5.02 Å². The zero-order valence-corrected chi connectivity index (χ0v) is 18.2. The summed E-state index contributed by atoms with van der Waals surface area (Å²) >= 11 is 5.97. The molecule has 6 heteroatoms. The van der Waals surface area contributed by atoms with Gasteiger partial charge in [-0.3, -0.25) is 9.88 Å². The second kappa shape index (κ2) is 8.77. The number of benzene rings is 3. The van der Waals surface area contributed by atoms with Crippen LogP contribution in [0.15, 0.2) is 66.9 Å². The van der Waals surface area contributed by atoms with Crippen molar-refractivity contribution in [1.29, 1.82) is 0 Å². The van der Waals surface area contributed by atoms with Gasteiger partial charge in [-0.2, -0.15) is 0 Å². The van der Waals surface area contributed by atoms with Crippen molar-refractivity contribution in [2.75, 3.05) is 18.4 Å². The summed E-state index contributed by atoms with van der Waals surface area (Å²) in [6, 6.07) is 19.0. The van der Waals surface area contributed by atoms with E-state index in [4.69, 9.17) is 11.6 Å². The summed E-state index contributed by atoms with van der Waals surface area (Å²) in [5.74, 6) is -1.28. The van der Waals surface area contributed by atoms with Crippen molar-refractivity contribution in [3.63, 3.8) is 0 Å². The van der Waals surface area contributed by atoms with Crippen LogP contribution in [0.1, 0.15) is 18.4 Å². The molecular weight excluding hydrogens is 425 g/mol. The minimum atomic E-state index is -0.744. The number of likely N-dealkylation sites (tertiary alicyclic amines) is 1. The van der Waals surface area contributed by atoms with Crippen molar-refractivity contribution in [2.45, 2.75) is 19.4 Å². The highest BCUT2D eigenvalue weighted by Gasteiger charge is 2.13. The van der Waals surface area contributed by atoms with E-state index in [0.29, 0.717) is 5.56 Å². The number of phenolic OH excluding ortho intramolecular Hbond substituents is 1. The lowest BCUT2D eigenvalue weighted by atomic mass is 10.0. The van der Waals surface area contributed by atoms with Crippen LogP contribution in [0.4, 0.5) is 15.8 Å². The monoisotopic (exact) mass is 447 g/mol. The SMILES string of the molecule is Oc1c(F)cc(-c2ccc3nccc(Nc4ccc(CN5CCCC5)cc4)c3c2)cc1Cl. The molecule has 0 aliphatic carbocycles. The zero-order valence-electron chi connectivity index (χ0n) is 17.5. The van der Waals surface area contributed by atoms with Crippen molar-refractivity contribution in [3.05, 3.63) is 83.3 Å². The van der Waals surface area contributed by atoms with Crippen LogP contribution in [-0.2, 0) is 6.54 Å². The number of aromatic nitrogens is 1. The second-order valence-electron chi connectivity index (χ2n) is 8.18. The third-order valence-electron chi connectivity index (χ3n) is 5.93. The van der Waals surface area contributed by atoms with Crippen molar-refractivity contribution >= 4 is 33.9 Å². The van der Waals surface area contributed by atoms with E-state index in [1.165, 1.54) is 37.6 Å². The second-order valence-corrected chi connectivity index (χ2v) is 8.59. The Morgan fingerprint density at radius 3 is 2.50 bits per heavy atom. The van der Waals surface area contributed by atoms with Gasteiger partial charge in [-0.25, -0.2) is 4.39 Å². The standard InChI is InChI=1S/C26H23ClFN3O/c27-22-14-19(15-23(28)26(22)32)18-5-8-24-21(13-18)25(9-10-29-24)30-20-6-3-17(4-7-20)16-31-11-1-2-12-31/h3-10,13-15,32H,1-2,11-12,16H2,(H,29,30). The highest BCUT2D eigenvalue weighted by Crippen LogP contribution is 2.35. The van der Waals surface area contributed by atoms with Crippen molar-refractivity contribution in [2.24, 2.45) is 0 Å². The number of hydrogen-bond acceptors (Lipinski definition) is 4. The van der Waals surface area contributed by atoms with Gasteiger partial charge in [-0.15, -0.1) is 0 Å². The zero-order chi connectivity index (χ0) is 22.1. The Hall–Kier alpha value is -3.15. The molecule has 0 radical (unpaired) electrons. The molecule has 0 saturated carbocycles. The fourth-order valence-corrected chi connectivity index (χ4v) is 4.42. The number of halogens is 2. The number of hydrogen-bond donors (Lipinski definition) is 2. The summed E-state index contributed by atoms with van der Waals surface area (Å²) in [5, 5.41) is 14.0. The molecule has 162 valence electrons. The Bertz CT molecular complexity index is 1250. The number of nitrogens with zero attached hydrogens (tertiary/aromatic N) is 2. The summed E-state index contributed by atoms with van der Waals surface area (Å²) in [7, 11) is 0. The molecule has 2 N–H and O–H groups in total. The molecule has 1 aromatic heterocycles. The van der Waals surface area contributed by atoms with Crippen molar-refractivity contribution in [1.82, 2.24) is 9.88 Å². The third-order valence-corrected chi connectivity index (χ3v) is 6.22. The average Bonchev–Trinajstić information content (AvgIpc) is 3.31. The van der Waals surface area contributed by atoms with E-state index in [0.717, 1.165) is 34.4 Å². The Labute approximate surface area is 191 Å². The molecule has 32 heavy (non-hydrogen) atoms. The first kappa shape index (κ1) is 20.7. The van der Waals surface area contributed by atoms with Gasteiger partial charge in [0.25, 0.3) is 0 Å². The number of phenols is 1. The Morgan fingerprint density at radius 2 is 1.75 bits per heavy atom. The summed E-state index contributed by atoms with van der Waals surface area (Å²) in [6.45, 7) is 3.36. The predicted octanol–water partition coefficient (Wildman–Crippen LogP) is 6.74. The normalized spacial score (nSPS) is 14.2. The molecule has 4 nitrogen and oxygen atoms in total. The number of nitrogens with one attached hydrogen (secondary N) is 1. The van der Waals surface area contributed by atoms with Gasteiger partial charge in [0, 0.05) is 29.5 Å². The molecular formula is C26H23ClFN3O. The maximum absolute atomic E-state index is 14.0. The molecule has 1 aliphatic rings. The first-order chi connectivity index (χ1) is 15.6. The van der Waals surface area contributed by atoms with Crippen LogP contribution in [0, 0.1) is 5.82 Å². The molecule has 0 spiro atoms. The lowest BCUT2D eigenvalue weighted by molar-refractivity contribution is 0.331. The van der Waals surface area contributed by atoms with E-state index in [9.17, 15) is 9.50 Å². The van der Waals surface area contributed by atoms with E-state index < -0.39 is 11.6 Å². The fourth-order valence-electron chi connectivity index (χ4n) is 4.21. The van der Waals surface area contributed by atoms with Gasteiger partial charge in [0.1, 0.15) is 0 Å². The molecule has 2 heterocycles. The van der Waals surface area contributed by atoms with Gasteiger partial charge < -0.3 is 10.4 Å². The molecule has 0 amide bonds. The lowest BCUT2D eigenvalue weighted by Crippen LogP contribution is -2.18. The van der Waals surface area contributed by atoms with Crippen LogP contribution in [0.5, 0.6) is 5.75 Å². The van der Waals surface area contributed by atoms with Crippen molar-refractivity contribution < 1.29 is 9.50 Å². The minimum absolute atomic E-state index is 0.0151. The summed E-state index contributed by atoms with van der Waals surface area (Å²) in [5.41, 5.74) is 5.42. The van der Waals surface area contributed by atoms with Gasteiger partial charge in [0.15, 0.2) is 11.6 Å². The molecule has 5 rings (SSSR count). The smallest absolute Gasteiger partial charge is 0.170 e. The Morgan fingerprint density at radius 1 is 0.969 bits per heavy atom. The first-order valence-corrected chi connectivity index (χ1v) is 11.1. The van der Waals surface area contributed by atoms with Crippen LogP contribution in [0.3, 0.4) is 0 Å². The van der Waals surface area contributed by atoms with Crippen LogP contribution in [-0.4, -0.2) is 28.1 Å². The lowest BCUT2D eigenvalue weighted by Gasteiger charge is -2.15. The summed E-state index contributed by atoms with van der Waals surface area (Å²) in [6.07, 6.45) is 4.35. The first-order valence-electron chi connectivity index (χ1n) is 10.7. The molecule has 1 aliphatic heterocycles. The van der Waals surface area contributed by atoms with E-state index in [2.05, 4.69) is 39.5 Å². The summed E-state index contributed by atoms with van der Waals surface area (Å²) in [4.78, 5) is 6.94. The van der Waals surface area contributed by atoms with Crippen molar-refractivity contribution in [3.8, 4) is 16.9 Å². The molecule has 1 fully saturated rings. The van der Waals surface area contributed by atoms with Gasteiger partial charge in [-0.05, 0) is 85.1 Å². The quantitative estimate of drug-likeness (QED) is 0.355. The number of pyridine rings is 1. The molecule has 0 unspecified atom stereocenters. The van der Waals surface area contributed by atoms with Gasteiger partial charge in [0.05, 0.1) is 10.5 Å². The van der Waals surface area contributed by atoms with Gasteiger partial charge >= 0.3 is 0 Å².